The van der Waals surface area contributed by atoms with Crippen molar-refractivity contribution in [2.24, 2.45) is 5.92 Å². The van der Waals surface area contributed by atoms with E-state index in [4.69, 9.17) is 4.74 Å². The summed E-state index contributed by atoms with van der Waals surface area (Å²) in [6, 6.07) is 8.57. The second-order valence-corrected chi connectivity index (χ2v) is 7.87. The van der Waals surface area contributed by atoms with Crippen LogP contribution < -0.4 is 5.32 Å². The fourth-order valence-corrected chi connectivity index (χ4v) is 4.35. The number of para-hydroxylation sites is 1. The van der Waals surface area contributed by atoms with E-state index in [0.717, 1.165) is 24.9 Å². The first-order valence-corrected chi connectivity index (χ1v) is 10.0. The van der Waals surface area contributed by atoms with Gasteiger partial charge in [0.15, 0.2) is 0 Å². The fourth-order valence-electron chi connectivity index (χ4n) is 2.73. The normalized spacial score (nSPS) is 19.9. The number of thioether (sulfide) groups is 1. The van der Waals surface area contributed by atoms with E-state index in [0.29, 0.717) is 18.3 Å². The van der Waals surface area contributed by atoms with E-state index in [2.05, 4.69) is 26.1 Å². The summed E-state index contributed by atoms with van der Waals surface area (Å²) in [6.07, 6.45) is 2.67. The molecule has 1 fully saturated rings. The van der Waals surface area contributed by atoms with Gasteiger partial charge in [0.05, 0.1) is 12.0 Å². The Balaban J connectivity index is 2.09. The van der Waals surface area contributed by atoms with Crippen molar-refractivity contribution in [3.8, 4) is 0 Å². The highest BCUT2D eigenvalue weighted by Crippen LogP contribution is 2.34. The SMILES string of the molecule is CCCCOC(=O)C1CSC(CC(C)C)N1C(=O)Nc1ccccc1. The molecule has 0 radical (unpaired) electrons. The van der Waals surface area contributed by atoms with Gasteiger partial charge in [0, 0.05) is 11.4 Å². The summed E-state index contributed by atoms with van der Waals surface area (Å²) in [4.78, 5) is 27.0. The molecule has 1 saturated heterocycles. The van der Waals surface area contributed by atoms with E-state index >= 15 is 0 Å². The molecule has 5 nitrogen and oxygen atoms in total. The zero-order valence-electron chi connectivity index (χ0n) is 15.2. The smallest absolute Gasteiger partial charge is 0.329 e. The molecule has 1 heterocycles. The summed E-state index contributed by atoms with van der Waals surface area (Å²) < 4.78 is 5.38. The summed E-state index contributed by atoms with van der Waals surface area (Å²) in [5.41, 5.74) is 0.728. The van der Waals surface area contributed by atoms with Crippen LogP contribution in [0.25, 0.3) is 0 Å². The van der Waals surface area contributed by atoms with Gasteiger partial charge in [-0.25, -0.2) is 9.59 Å². The molecular weight excluding hydrogens is 336 g/mol. The fraction of sp³-hybridized carbons (Fsp3) is 0.579. The van der Waals surface area contributed by atoms with Crippen LogP contribution >= 0.6 is 11.8 Å². The number of carbonyl (C=O) groups is 2. The molecule has 1 aliphatic heterocycles. The number of benzene rings is 1. The zero-order chi connectivity index (χ0) is 18.2. The maximum atomic E-state index is 12.8. The minimum Gasteiger partial charge on any atom is -0.464 e. The number of unbranched alkanes of at least 4 members (excludes halogenated alkanes) is 1. The monoisotopic (exact) mass is 364 g/mol. The van der Waals surface area contributed by atoms with Crippen LogP contribution in [-0.4, -0.2) is 40.7 Å². The number of ether oxygens (including phenoxy) is 1. The van der Waals surface area contributed by atoms with Crippen molar-refractivity contribution in [3.05, 3.63) is 30.3 Å². The van der Waals surface area contributed by atoms with E-state index < -0.39 is 6.04 Å². The van der Waals surface area contributed by atoms with Gasteiger partial charge in [0.1, 0.15) is 6.04 Å². The highest BCUT2D eigenvalue weighted by molar-refractivity contribution is 8.00. The van der Waals surface area contributed by atoms with Crippen LogP contribution in [0.4, 0.5) is 10.5 Å². The van der Waals surface area contributed by atoms with Gasteiger partial charge in [0.2, 0.25) is 0 Å². The number of anilines is 1. The summed E-state index contributed by atoms with van der Waals surface area (Å²) in [5, 5.41) is 2.90. The van der Waals surface area contributed by atoms with Crippen LogP contribution in [0.3, 0.4) is 0 Å². The lowest BCUT2D eigenvalue weighted by Crippen LogP contribution is -2.48. The first kappa shape index (κ1) is 19.6. The zero-order valence-corrected chi connectivity index (χ0v) is 16.1. The van der Waals surface area contributed by atoms with Gasteiger partial charge >= 0.3 is 12.0 Å². The predicted octanol–water partition coefficient (Wildman–Crippen LogP) is 4.35. The quantitative estimate of drug-likeness (QED) is 0.577. The average molecular weight is 365 g/mol. The van der Waals surface area contributed by atoms with Gasteiger partial charge in [0.25, 0.3) is 0 Å². The van der Waals surface area contributed by atoms with E-state index in [1.807, 2.05) is 30.3 Å². The second kappa shape index (κ2) is 9.70. The Kier molecular flexibility index (Phi) is 7.62. The Bertz CT molecular complexity index is 565. The lowest BCUT2D eigenvalue weighted by atomic mass is 10.1. The van der Waals surface area contributed by atoms with Crippen molar-refractivity contribution < 1.29 is 14.3 Å². The number of carbonyl (C=O) groups excluding carboxylic acids is 2. The van der Waals surface area contributed by atoms with Crippen LogP contribution in [0.2, 0.25) is 0 Å². The number of esters is 1. The largest absolute Gasteiger partial charge is 0.464 e. The molecule has 2 amide bonds. The number of nitrogens with one attached hydrogen (secondary N) is 1. The topological polar surface area (TPSA) is 58.6 Å². The van der Waals surface area contributed by atoms with Gasteiger partial charge in [-0.2, -0.15) is 0 Å². The van der Waals surface area contributed by atoms with Crippen molar-refractivity contribution in [2.45, 2.75) is 51.4 Å². The molecule has 1 aliphatic rings. The number of urea groups is 1. The van der Waals surface area contributed by atoms with Crippen molar-refractivity contribution in [3.63, 3.8) is 0 Å². The molecule has 0 aliphatic carbocycles. The van der Waals surface area contributed by atoms with Gasteiger partial charge in [-0.05, 0) is 30.9 Å². The Hall–Kier alpha value is -1.69. The molecule has 1 aromatic carbocycles. The average Bonchev–Trinajstić information content (AvgIpc) is 2.99. The molecule has 2 rings (SSSR count). The maximum Gasteiger partial charge on any atom is 0.329 e. The number of rotatable bonds is 7. The first-order valence-electron chi connectivity index (χ1n) is 8.95. The number of hydrogen-bond donors (Lipinski definition) is 1. The summed E-state index contributed by atoms with van der Waals surface area (Å²) in [7, 11) is 0. The minimum absolute atomic E-state index is 0.00700. The molecule has 25 heavy (non-hydrogen) atoms. The molecule has 0 saturated carbocycles. The number of nitrogens with zero attached hydrogens (tertiary/aromatic N) is 1. The molecular formula is C19H28N2O3S. The minimum atomic E-state index is -0.519. The molecule has 0 aromatic heterocycles. The third kappa shape index (κ3) is 5.66. The Labute approximate surface area is 154 Å². The molecule has 0 bridgehead atoms. The third-order valence-electron chi connectivity index (χ3n) is 4.04. The van der Waals surface area contributed by atoms with Crippen molar-refractivity contribution in [1.29, 1.82) is 0 Å². The van der Waals surface area contributed by atoms with Gasteiger partial charge in [-0.15, -0.1) is 11.8 Å². The summed E-state index contributed by atoms with van der Waals surface area (Å²) in [6.45, 7) is 6.72. The van der Waals surface area contributed by atoms with E-state index in [9.17, 15) is 9.59 Å². The van der Waals surface area contributed by atoms with Crippen molar-refractivity contribution in [1.82, 2.24) is 4.90 Å². The van der Waals surface area contributed by atoms with Gasteiger partial charge in [-0.3, -0.25) is 4.90 Å². The molecule has 0 spiro atoms. The predicted molar refractivity (Wildman–Crippen MR) is 103 cm³/mol. The molecule has 138 valence electrons. The van der Waals surface area contributed by atoms with Crippen LogP contribution in [0.15, 0.2) is 30.3 Å². The van der Waals surface area contributed by atoms with E-state index in [1.165, 1.54) is 0 Å². The van der Waals surface area contributed by atoms with Crippen LogP contribution in [-0.2, 0) is 9.53 Å². The van der Waals surface area contributed by atoms with Crippen LogP contribution in [0.5, 0.6) is 0 Å². The van der Waals surface area contributed by atoms with Crippen molar-refractivity contribution in [2.75, 3.05) is 17.7 Å². The molecule has 1 aromatic rings. The highest BCUT2D eigenvalue weighted by Gasteiger charge is 2.42. The first-order chi connectivity index (χ1) is 12.0. The number of amides is 2. The molecule has 2 unspecified atom stereocenters. The Morgan fingerprint density at radius 3 is 2.68 bits per heavy atom. The Morgan fingerprint density at radius 2 is 2.04 bits per heavy atom. The van der Waals surface area contributed by atoms with E-state index in [1.54, 1.807) is 16.7 Å². The van der Waals surface area contributed by atoms with Gasteiger partial charge in [-0.1, -0.05) is 45.4 Å². The standard InChI is InChI=1S/C19H28N2O3S/c1-4-5-11-24-18(22)16-13-25-17(12-14(2)3)21(16)19(23)20-15-9-7-6-8-10-15/h6-10,14,16-17H,4-5,11-13H2,1-3H3,(H,20,23). The third-order valence-corrected chi connectivity index (χ3v) is 5.35. The molecule has 1 N–H and O–H groups in total. The molecule has 6 heteroatoms. The Morgan fingerprint density at radius 1 is 1.32 bits per heavy atom. The highest BCUT2D eigenvalue weighted by atomic mass is 32.2. The maximum absolute atomic E-state index is 12.8. The number of hydrogen-bond acceptors (Lipinski definition) is 4. The molecule has 2 atom stereocenters. The lowest BCUT2D eigenvalue weighted by Gasteiger charge is -2.29. The summed E-state index contributed by atoms with van der Waals surface area (Å²) >= 11 is 1.66. The van der Waals surface area contributed by atoms with E-state index in [-0.39, 0.29) is 17.4 Å². The van der Waals surface area contributed by atoms with Crippen LogP contribution in [0, 0.1) is 5.92 Å². The van der Waals surface area contributed by atoms with Crippen molar-refractivity contribution >= 4 is 29.4 Å². The summed E-state index contributed by atoms with van der Waals surface area (Å²) in [5.74, 6) is 0.736. The van der Waals surface area contributed by atoms with Gasteiger partial charge < -0.3 is 10.1 Å². The van der Waals surface area contributed by atoms with Crippen LogP contribution in [0.1, 0.15) is 40.0 Å². The lowest BCUT2D eigenvalue weighted by molar-refractivity contribution is -0.148. The second-order valence-electron chi connectivity index (χ2n) is 6.66.